The van der Waals surface area contributed by atoms with E-state index in [-0.39, 0.29) is 49.7 Å². The number of rotatable bonds is 10. The van der Waals surface area contributed by atoms with E-state index in [1.165, 1.54) is 18.8 Å². The lowest BCUT2D eigenvalue weighted by atomic mass is 10.1. The Kier molecular flexibility index (Phi) is 7.98. The van der Waals surface area contributed by atoms with E-state index in [1.807, 2.05) is 0 Å². The number of hydrogen-bond acceptors (Lipinski definition) is 9. The summed E-state index contributed by atoms with van der Waals surface area (Å²) in [5.41, 5.74) is 1.83. The summed E-state index contributed by atoms with van der Waals surface area (Å²) in [4.78, 5) is 22.5. The Labute approximate surface area is 217 Å². The maximum atomic E-state index is 14.4. The highest BCUT2D eigenvalue weighted by atomic mass is 19.1. The highest BCUT2D eigenvalue weighted by molar-refractivity contribution is 5.71. The zero-order chi connectivity index (χ0) is 26.3. The van der Waals surface area contributed by atoms with Crippen molar-refractivity contribution < 1.29 is 22.8 Å². The van der Waals surface area contributed by atoms with Gasteiger partial charge in [0.25, 0.3) is 0 Å². The second kappa shape index (κ2) is 11.9. The molecule has 4 heterocycles. The Bertz CT molecular complexity index is 1370. The van der Waals surface area contributed by atoms with Gasteiger partial charge in [0.15, 0.2) is 17.5 Å². The van der Waals surface area contributed by atoms with Crippen LogP contribution in [0, 0.1) is 11.6 Å². The van der Waals surface area contributed by atoms with Crippen LogP contribution in [-0.2, 0) is 16.1 Å². The van der Waals surface area contributed by atoms with Gasteiger partial charge in [-0.2, -0.15) is 5.10 Å². The lowest BCUT2D eigenvalue weighted by molar-refractivity contribution is -0.144. The third kappa shape index (κ3) is 6.20. The van der Waals surface area contributed by atoms with Gasteiger partial charge in [-0.05, 0) is 38.1 Å². The van der Waals surface area contributed by atoms with Crippen LogP contribution in [0.2, 0.25) is 0 Å². The summed E-state index contributed by atoms with van der Waals surface area (Å²) in [6.07, 6.45) is 5.83. The van der Waals surface area contributed by atoms with Gasteiger partial charge in [0.1, 0.15) is 30.1 Å². The van der Waals surface area contributed by atoms with Gasteiger partial charge in [0, 0.05) is 11.6 Å². The van der Waals surface area contributed by atoms with Crippen molar-refractivity contribution in [3.05, 3.63) is 66.1 Å². The molecule has 0 atom stereocenters. The summed E-state index contributed by atoms with van der Waals surface area (Å²) in [6, 6.07) is 9.73. The molecule has 1 aromatic carbocycles. The minimum absolute atomic E-state index is 0.0475. The van der Waals surface area contributed by atoms with Crippen molar-refractivity contribution in [2.45, 2.75) is 25.8 Å². The molecule has 0 aliphatic carbocycles. The van der Waals surface area contributed by atoms with E-state index in [0.717, 1.165) is 32.1 Å². The standard InChI is InChI=1S/C26H27F2N7O3/c27-19-7-3-2-6-18(19)16-35-23(21-8-12-38-33-21)14-22(32-35)26-30-15-20(28)25(31-26)29-9-13-37-24(36)17-34-10-4-1-5-11-34/h2-3,6-8,12,14-15H,1,4-5,9-11,13,16-17H2,(H,29,30,31). The number of hydrogen-bond donors (Lipinski definition) is 1. The van der Waals surface area contributed by atoms with Crippen LogP contribution in [0.15, 0.2) is 53.4 Å². The minimum atomic E-state index is -0.657. The molecule has 198 valence electrons. The van der Waals surface area contributed by atoms with Gasteiger partial charge in [-0.25, -0.2) is 18.7 Å². The summed E-state index contributed by atoms with van der Waals surface area (Å²) in [6.45, 7) is 2.43. The number of ether oxygens (including phenoxy) is 1. The first-order valence-electron chi connectivity index (χ1n) is 12.4. The summed E-state index contributed by atoms with van der Waals surface area (Å²) < 4.78 is 40.5. The molecule has 5 rings (SSSR count). The van der Waals surface area contributed by atoms with Gasteiger partial charge in [0.05, 0.1) is 31.5 Å². The van der Waals surface area contributed by atoms with Crippen LogP contribution in [0.25, 0.3) is 22.9 Å². The molecule has 1 aliphatic rings. The van der Waals surface area contributed by atoms with E-state index in [0.29, 0.717) is 22.6 Å². The second-order valence-electron chi connectivity index (χ2n) is 8.92. The summed E-state index contributed by atoms with van der Waals surface area (Å²) in [5.74, 6) is -1.22. The van der Waals surface area contributed by atoms with Crippen LogP contribution in [-0.4, -0.2) is 68.6 Å². The van der Waals surface area contributed by atoms with Crippen molar-refractivity contribution in [3.8, 4) is 22.9 Å². The van der Waals surface area contributed by atoms with Gasteiger partial charge in [0.2, 0.25) is 0 Å². The first-order chi connectivity index (χ1) is 18.6. The predicted molar refractivity (Wildman–Crippen MR) is 134 cm³/mol. The van der Waals surface area contributed by atoms with Crippen molar-refractivity contribution in [2.75, 3.05) is 38.1 Å². The zero-order valence-electron chi connectivity index (χ0n) is 20.6. The fourth-order valence-electron chi connectivity index (χ4n) is 4.28. The van der Waals surface area contributed by atoms with Crippen molar-refractivity contribution in [1.29, 1.82) is 0 Å². The molecule has 0 unspecified atom stereocenters. The van der Waals surface area contributed by atoms with E-state index in [9.17, 15) is 13.6 Å². The molecule has 0 amide bonds. The van der Waals surface area contributed by atoms with Crippen LogP contribution in [0.5, 0.6) is 0 Å². The molecule has 0 radical (unpaired) electrons. The molecule has 10 nitrogen and oxygen atoms in total. The van der Waals surface area contributed by atoms with Crippen LogP contribution < -0.4 is 5.32 Å². The van der Waals surface area contributed by atoms with Gasteiger partial charge >= 0.3 is 5.97 Å². The number of aromatic nitrogens is 5. The minimum Gasteiger partial charge on any atom is -0.463 e. The van der Waals surface area contributed by atoms with Crippen molar-refractivity contribution in [2.24, 2.45) is 0 Å². The van der Waals surface area contributed by atoms with Crippen LogP contribution in [0.4, 0.5) is 14.6 Å². The second-order valence-corrected chi connectivity index (χ2v) is 8.92. The molecule has 1 N–H and O–H groups in total. The quantitative estimate of drug-likeness (QED) is 0.245. The lowest BCUT2D eigenvalue weighted by Crippen LogP contribution is -2.35. The SMILES string of the molecule is O=C(CN1CCCCC1)OCCNc1nc(-c2cc(-c3ccon3)n(Cc3ccccc3F)n2)ncc1F. The Morgan fingerprint density at radius 1 is 1.08 bits per heavy atom. The molecule has 12 heteroatoms. The topological polar surface area (TPSA) is 111 Å². The van der Waals surface area contributed by atoms with E-state index < -0.39 is 5.82 Å². The summed E-state index contributed by atoms with van der Waals surface area (Å²) in [7, 11) is 0. The smallest absolute Gasteiger partial charge is 0.320 e. The number of piperidine rings is 1. The predicted octanol–water partition coefficient (Wildman–Crippen LogP) is 3.76. The number of likely N-dealkylation sites (tertiary alicyclic amines) is 1. The van der Waals surface area contributed by atoms with Crippen molar-refractivity contribution in [3.63, 3.8) is 0 Å². The van der Waals surface area contributed by atoms with E-state index >= 15 is 0 Å². The number of anilines is 1. The molecule has 38 heavy (non-hydrogen) atoms. The average Bonchev–Trinajstić information content (AvgIpc) is 3.60. The highest BCUT2D eigenvalue weighted by Gasteiger charge is 2.19. The average molecular weight is 524 g/mol. The fourth-order valence-corrected chi connectivity index (χ4v) is 4.28. The summed E-state index contributed by atoms with van der Waals surface area (Å²) in [5, 5.41) is 11.4. The molecule has 4 aromatic rings. The highest BCUT2D eigenvalue weighted by Crippen LogP contribution is 2.26. The van der Waals surface area contributed by atoms with Crippen molar-refractivity contribution >= 4 is 11.8 Å². The zero-order valence-corrected chi connectivity index (χ0v) is 20.6. The van der Waals surface area contributed by atoms with Gasteiger partial charge < -0.3 is 14.6 Å². The summed E-state index contributed by atoms with van der Waals surface area (Å²) >= 11 is 0. The molecule has 0 spiro atoms. The molecule has 1 fully saturated rings. The Morgan fingerprint density at radius 3 is 2.71 bits per heavy atom. The monoisotopic (exact) mass is 523 g/mol. The maximum Gasteiger partial charge on any atom is 0.320 e. The van der Waals surface area contributed by atoms with Gasteiger partial charge in [-0.1, -0.05) is 29.8 Å². The number of nitrogens with zero attached hydrogens (tertiary/aromatic N) is 6. The largest absolute Gasteiger partial charge is 0.463 e. The number of nitrogens with one attached hydrogen (secondary N) is 1. The first kappa shape index (κ1) is 25.5. The van der Waals surface area contributed by atoms with Gasteiger partial charge in [-0.3, -0.25) is 14.4 Å². The van der Waals surface area contributed by atoms with Gasteiger partial charge in [-0.15, -0.1) is 0 Å². The number of halogens is 2. The number of benzene rings is 1. The van der Waals surface area contributed by atoms with E-state index in [1.54, 1.807) is 35.0 Å². The van der Waals surface area contributed by atoms with Crippen LogP contribution in [0.3, 0.4) is 0 Å². The normalized spacial score (nSPS) is 13.9. The Hall–Kier alpha value is -4.19. The molecule has 1 saturated heterocycles. The Balaban J connectivity index is 1.27. The maximum absolute atomic E-state index is 14.4. The molecule has 0 bridgehead atoms. The molecular formula is C26H27F2N7O3. The number of carbonyl (C=O) groups is 1. The van der Waals surface area contributed by atoms with Crippen LogP contribution in [0.1, 0.15) is 24.8 Å². The molecular weight excluding hydrogens is 496 g/mol. The van der Waals surface area contributed by atoms with E-state index in [4.69, 9.17) is 9.26 Å². The van der Waals surface area contributed by atoms with E-state index in [2.05, 4.69) is 30.4 Å². The third-order valence-electron chi connectivity index (χ3n) is 6.19. The number of carbonyl (C=O) groups excluding carboxylic acids is 1. The Morgan fingerprint density at radius 2 is 1.92 bits per heavy atom. The lowest BCUT2D eigenvalue weighted by Gasteiger charge is -2.25. The molecule has 3 aromatic heterocycles. The van der Waals surface area contributed by atoms with Crippen LogP contribution >= 0.6 is 0 Å². The first-order valence-corrected chi connectivity index (χ1v) is 12.4. The third-order valence-corrected chi connectivity index (χ3v) is 6.19. The molecule has 1 aliphatic heterocycles. The number of esters is 1. The van der Waals surface area contributed by atoms with Crippen molar-refractivity contribution in [1.82, 2.24) is 29.8 Å². The molecule has 0 saturated carbocycles. The fraction of sp³-hybridized carbons (Fsp3) is 0.346.